The lowest BCUT2D eigenvalue weighted by atomic mass is 10.1. The van der Waals surface area contributed by atoms with Crippen molar-refractivity contribution in [1.29, 1.82) is 0 Å². The highest BCUT2D eigenvalue weighted by atomic mass is 16.2. The van der Waals surface area contributed by atoms with Gasteiger partial charge in [-0.1, -0.05) is 0 Å². The number of amides is 2. The molecule has 1 saturated heterocycles. The molecule has 0 aliphatic carbocycles. The molecule has 0 radical (unpaired) electrons. The molecule has 2 amide bonds. The molecule has 1 aliphatic heterocycles. The highest BCUT2D eigenvalue weighted by Crippen LogP contribution is 2.14. The van der Waals surface area contributed by atoms with E-state index >= 15 is 0 Å². The zero-order valence-corrected chi connectivity index (χ0v) is 9.93. The Labute approximate surface area is 99.4 Å². The zero-order valence-electron chi connectivity index (χ0n) is 9.93. The second kappa shape index (κ2) is 4.57. The van der Waals surface area contributed by atoms with E-state index in [2.05, 4.69) is 15.7 Å². The van der Waals surface area contributed by atoms with Crippen LogP contribution in [0.1, 0.15) is 26.3 Å². The van der Waals surface area contributed by atoms with E-state index in [9.17, 15) is 9.59 Å². The molecule has 6 nitrogen and oxygen atoms in total. The first-order chi connectivity index (χ1) is 8.06. The van der Waals surface area contributed by atoms with Crippen molar-refractivity contribution in [2.24, 2.45) is 5.92 Å². The molecule has 1 fully saturated rings. The highest BCUT2D eigenvalue weighted by molar-refractivity contribution is 5.96. The van der Waals surface area contributed by atoms with Crippen LogP contribution in [-0.2, 0) is 9.59 Å². The van der Waals surface area contributed by atoms with Gasteiger partial charge in [-0.15, -0.1) is 0 Å². The van der Waals surface area contributed by atoms with Crippen molar-refractivity contribution in [2.45, 2.75) is 26.3 Å². The van der Waals surface area contributed by atoms with E-state index in [-0.39, 0.29) is 30.2 Å². The number of nitrogens with one attached hydrogen (secondary N) is 2. The second-order valence-electron chi connectivity index (χ2n) is 4.50. The summed E-state index contributed by atoms with van der Waals surface area (Å²) in [5.74, 6) is -0.473. The number of nitrogens with zero attached hydrogens (tertiary/aromatic N) is 2. The molecule has 1 aliphatic rings. The van der Waals surface area contributed by atoms with Crippen molar-refractivity contribution in [1.82, 2.24) is 15.1 Å². The molecular formula is C11H16N4O2. The van der Waals surface area contributed by atoms with Gasteiger partial charge in [0.15, 0.2) is 0 Å². The minimum absolute atomic E-state index is 0.0666. The summed E-state index contributed by atoms with van der Waals surface area (Å²) in [6.45, 7) is 4.44. The van der Waals surface area contributed by atoms with Crippen LogP contribution in [0, 0.1) is 5.92 Å². The van der Waals surface area contributed by atoms with Gasteiger partial charge in [0, 0.05) is 25.2 Å². The van der Waals surface area contributed by atoms with Crippen LogP contribution in [0.4, 0.5) is 5.69 Å². The number of anilines is 1. The average molecular weight is 236 g/mol. The first-order valence-electron chi connectivity index (χ1n) is 5.68. The first-order valence-corrected chi connectivity index (χ1v) is 5.68. The number of hydrogen-bond acceptors (Lipinski definition) is 3. The lowest BCUT2D eigenvalue weighted by molar-refractivity contribution is -0.123. The minimum Gasteiger partial charge on any atom is -0.355 e. The predicted octanol–water partition coefficient (Wildman–Crippen LogP) is 0.539. The summed E-state index contributed by atoms with van der Waals surface area (Å²) in [5.41, 5.74) is 0.669. The molecule has 6 heteroatoms. The molecular weight excluding hydrogens is 220 g/mol. The topological polar surface area (TPSA) is 76.0 Å². The Balaban J connectivity index is 1.96. The van der Waals surface area contributed by atoms with E-state index in [4.69, 9.17) is 0 Å². The maximum absolute atomic E-state index is 11.8. The second-order valence-corrected chi connectivity index (χ2v) is 4.50. The third-order valence-electron chi connectivity index (χ3n) is 2.75. The lowest BCUT2D eigenvalue weighted by Gasteiger charge is -2.07. The molecule has 1 atom stereocenters. The van der Waals surface area contributed by atoms with Crippen LogP contribution < -0.4 is 10.6 Å². The summed E-state index contributed by atoms with van der Waals surface area (Å²) in [4.78, 5) is 22.8. The van der Waals surface area contributed by atoms with Gasteiger partial charge in [0.05, 0.1) is 17.8 Å². The fraction of sp³-hybridized carbons (Fsp3) is 0.545. The summed E-state index contributed by atoms with van der Waals surface area (Å²) in [6.07, 6.45) is 3.67. The van der Waals surface area contributed by atoms with Crippen molar-refractivity contribution in [3.05, 3.63) is 12.4 Å². The molecule has 92 valence electrons. The molecule has 1 aromatic rings. The van der Waals surface area contributed by atoms with Crippen molar-refractivity contribution >= 4 is 17.5 Å². The monoisotopic (exact) mass is 236 g/mol. The van der Waals surface area contributed by atoms with Crippen LogP contribution >= 0.6 is 0 Å². The van der Waals surface area contributed by atoms with Crippen LogP contribution in [0.15, 0.2) is 12.4 Å². The van der Waals surface area contributed by atoms with E-state index in [1.165, 1.54) is 0 Å². The van der Waals surface area contributed by atoms with Crippen molar-refractivity contribution < 1.29 is 9.59 Å². The maximum Gasteiger partial charge on any atom is 0.229 e. The van der Waals surface area contributed by atoms with Crippen molar-refractivity contribution in [3.8, 4) is 0 Å². The van der Waals surface area contributed by atoms with Crippen molar-refractivity contribution in [3.63, 3.8) is 0 Å². The van der Waals surface area contributed by atoms with E-state index in [1.54, 1.807) is 17.1 Å². The van der Waals surface area contributed by atoms with Crippen LogP contribution in [0.5, 0.6) is 0 Å². The maximum atomic E-state index is 11.8. The molecule has 0 saturated carbocycles. The van der Waals surface area contributed by atoms with Crippen LogP contribution in [-0.4, -0.2) is 28.1 Å². The summed E-state index contributed by atoms with van der Waals surface area (Å²) < 4.78 is 1.77. The summed E-state index contributed by atoms with van der Waals surface area (Å²) >= 11 is 0. The Bertz CT molecular complexity index is 438. The molecule has 2 heterocycles. The van der Waals surface area contributed by atoms with Gasteiger partial charge in [-0.05, 0) is 13.8 Å². The van der Waals surface area contributed by atoms with Gasteiger partial charge in [-0.3, -0.25) is 14.3 Å². The normalized spacial score (nSPS) is 19.5. The predicted molar refractivity (Wildman–Crippen MR) is 62.4 cm³/mol. The quantitative estimate of drug-likeness (QED) is 0.804. The largest absolute Gasteiger partial charge is 0.355 e. The molecule has 1 aromatic heterocycles. The molecule has 0 bridgehead atoms. The third-order valence-corrected chi connectivity index (χ3v) is 2.75. The van der Waals surface area contributed by atoms with E-state index in [0.717, 1.165) is 0 Å². The molecule has 2 rings (SSSR count). The van der Waals surface area contributed by atoms with Gasteiger partial charge in [-0.25, -0.2) is 0 Å². The van der Waals surface area contributed by atoms with Crippen LogP contribution in [0.2, 0.25) is 0 Å². The van der Waals surface area contributed by atoms with Gasteiger partial charge < -0.3 is 10.6 Å². The summed E-state index contributed by atoms with van der Waals surface area (Å²) in [5, 5.41) is 9.53. The Hall–Kier alpha value is -1.85. The fourth-order valence-electron chi connectivity index (χ4n) is 1.72. The molecule has 0 aromatic carbocycles. The highest BCUT2D eigenvalue weighted by Gasteiger charge is 2.28. The Morgan fingerprint density at radius 3 is 2.94 bits per heavy atom. The first kappa shape index (κ1) is 11.6. The van der Waals surface area contributed by atoms with Gasteiger partial charge in [-0.2, -0.15) is 5.10 Å². The standard InChI is InChI=1S/C11H16N4O2/c1-7(2)15-6-9(5-13-15)14-11(17)8-3-10(16)12-4-8/h5-8H,3-4H2,1-2H3,(H,12,16)(H,14,17). The fourth-order valence-corrected chi connectivity index (χ4v) is 1.72. The van der Waals surface area contributed by atoms with Crippen LogP contribution in [0.3, 0.4) is 0 Å². The number of hydrogen-bond donors (Lipinski definition) is 2. The Morgan fingerprint density at radius 2 is 2.41 bits per heavy atom. The van der Waals surface area contributed by atoms with Gasteiger partial charge >= 0.3 is 0 Å². The third kappa shape index (κ3) is 2.64. The van der Waals surface area contributed by atoms with Crippen molar-refractivity contribution in [2.75, 3.05) is 11.9 Å². The van der Waals surface area contributed by atoms with Gasteiger partial charge in [0.1, 0.15) is 0 Å². The number of aromatic nitrogens is 2. The van der Waals surface area contributed by atoms with Gasteiger partial charge in [0.25, 0.3) is 0 Å². The summed E-state index contributed by atoms with van der Waals surface area (Å²) in [6, 6.07) is 0.260. The van der Waals surface area contributed by atoms with E-state index in [0.29, 0.717) is 12.2 Å². The smallest absolute Gasteiger partial charge is 0.229 e. The molecule has 2 N–H and O–H groups in total. The minimum atomic E-state index is -0.273. The van der Waals surface area contributed by atoms with E-state index < -0.39 is 0 Å². The van der Waals surface area contributed by atoms with Gasteiger partial charge in [0.2, 0.25) is 11.8 Å². The average Bonchev–Trinajstić information content (AvgIpc) is 2.86. The number of rotatable bonds is 3. The van der Waals surface area contributed by atoms with E-state index in [1.807, 2.05) is 13.8 Å². The lowest BCUT2D eigenvalue weighted by Crippen LogP contribution is -2.24. The van der Waals surface area contributed by atoms with Crippen LogP contribution in [0.25, 0.3) is 0 Å². The number of carbonyl (C=O) groups excluding carboxylic acids is 2. The SMILES string of the molecule is CC(C)n1cc(NC(=O)C2CNC(=O)C2)cn1. The zero-order chi connectivity index (χ0) is 12.4. The Kier molecular flexibility index (Phi) is 3.12. The number of carbonyl (C=O) groups is 2. The molecule has 0 spiro atoms. The Morgan fingerprint density at radius 1 is 1.65 bits per heavy atom. The summed E-state index contributed by atoms with van der Waals surface area (Å²) in [7, 11) is 0. The molecule has 1 unspecified atom stereocenters. The molecule has 17 heavy (non-hydrogen) atoms.